The third-order valence-corrected chi connectivity index (χ3v) is 7.25. The summed E-state index contributed by atoms with van der Waals surface area (Å²) >= 11 is 0. The zero-order chi connectivity index (χ0) is 23.1. The van der Waals surface area contributed by atoms with Gasteiger partial charge in [0.15, 0.2) is 15.6 Å². The predicted molar refractivity (Wildman–Crippen MR) is 114 cm³/mol. The van der Waals surface area contributed by atoms with Gasteiger partial charge in [-0.15, -0.1) is 0 Å². The van der Waals surface area contributed by atoms with Crippen molar-refractivity contribution < 1.29 is 26.9 Å². The van der Waals surface area contributed by atoms with Gasteiger partial charge in [0.25, 0.3) is 0 Å². The van der Waals surface area contributed by atoms with E-state index in [1.54, 1.807) is 24.3 Å². The summed E-state index contributed by atoms with van der Waals surface area (Å²) in [4.78, 5) is 26.2. The molecule has 2 amide bonds. The van der Waals surface area contributed by atoms with Gasteiger partial charge in [-0.1, -0.05) is 22.7 Å². The first-order chi connectivity index (χ1) is 15.1. The Kier molecular flexibility index (Phi) is 5.66. The summed E-state index contributed by atoms with van der Waals surface area (Å²) in [6.07, 6.45) is 1.57. The van der Waals surface area contributed by atoms with Crippen LogP contribution in [0.1, 0.15) is 35.2 Å². The number of para-hydroxylation sites is 1. The van der Waals surface area contributed by atoms with Gasteiger partial charge in [0.2, 0.25) is 0 Å². The Morgan fingerprint density at radius 1 is 1.16 bits per heavy atom. The molecule has 4 rings (SSSR count). The summed E-state index contributed by atoms with van der Waals surface area (Å²) in [6.45, 7) is 0.545. The molecule has 2 aliphatic rings. The molecular formula is C22H23F2N3O4S. The maximum atomic E-state index is 15.2. The molecule has 2 aliphatic heterocycles. The number of Topliss-reactive ketones (excluding diaryl/α,β-unsaturated/α-hetero) is 1. The van der Waals surface area contributed by atoms with Crippen molar-refractivity contribution in [3.8, 4) is 0 Å². The monoisotopic (exact) mass is 463 g/mol. The Balaban J connectivity index is 1.39. The number of amides is 2. The van der Waals surface area contributed by atoms with Gasteiger partial charge in [-0.25, -0.2) is 22.7 Å². The van der Waals surface area contributed by atoms with E-state index in [-0.39, 0.29) is 37.5 Å². The molecule has 0 aromatic heterocycles. The minimum atomic E-state index is -3.73. The number of anilines is 1. The van der Waals surface area contributed by atoms with Crippen molar-refractivity contribution in [3.05, 3.63) is 59.4 Å². The molecule has 32 heavy (non-hydrogen) atoms. The Hall–Kier alpha value is -3.01. The van der Waals surface area contributed by atoms with Crippen molar-refractivity contribution in [2.45, 2.75) is 36.2 Å². The van der Waals surface area contributed by atoms with Crippen molar-refractivity contribution in [2.24, 2.45) is 0 Å². The minimum Gasteiger partial charge on any atom is -0.334 e. The van der Waals surface area contributed by atoms with Crippen LogP contribution in [0, 0.1) is 5.82 Å². The van der Waals surface area contributed by atoms with Gasteiger partial charge in [0.05, 0.1) is 11.2 Å². The fourth-order valence-corrected chi connectivity index (χ4v) is 5.12. The highest BCUT2D eigenvalue weighted by molar-refractivity contribution is 7.90. The molecule has 170 valence electrons. The van der Waals surface area contributed by atoms with E-state index in [1.807, 2.05) is 0 Å². The number of benzene rings is 2. The van der Waals surface area contributed by atoms with Gasteiger partial charge >= 0.3 is 6.03 Å². The normalized spacial score (nSPS) is 17.9. The number of rotatable bonds is 3. The fraction of sp³-hybridized carbons (Fsp3) is 0.364. The topological polar surface area (TPSA) is 86.8 Å². The maximum absolute atomic E-state index is 15.2. The molecule has 2 aromatic rings. The number of ketones is 1. The van der Waals surface area contributed by atoms with Crippen LogP contribution in [0.5, 0.6) is 0 Å². The highest BCUT2D eigenvalue weighted by Gasteiger charge is 2.47. The highest BCUT2D eigenvalue weighted by atomic mass is 32.2. The fourth-order valence-electron chi connectivity index (χ4n) is 4.33. The molecule has 0 radical (unpaired) electrons. The molecule has 0 unspecified atom stereocenters. The molecule has 1 spiro atoms. The van der Waals surface area contributed by atoms with Gasteiger partial charge < -0.3 is 10.2 Å². The molecule has 1 N–H and O–H groups in total. The Bertz CT molecular complexity index is 1180. The van der Waals surface area contributed by atoms with E-state index in [0.29, 0.717) is 29.1 Å². The van der Waals surface area contributed by atoms with Gasteiger partial charge in [-0.3, -0.25) is 4.79 Å². The number of nitrogens with zero attached hydrogens (tertiary/aromatic N) is 2. The number of sulfone groups is 1. The van der Waals surface area contributed by atoms with Gasteiger partial charge in [-0.05, 0) is 42.7 Å². The number of hydrogen-bond donors (Lipinski definition) is 1. The lowest BCUT2D eigenvalue weighted by atomic mass is 9.78. The lowest BCUT2D eigenvalue weighted by Crippen LogP contribution is -2.57. The molecule has 2 heterocycles. The molecular weight excluding hydrogens is 440 g/mol. The number of carbonyl (C=O) groups is 2. The van der Waals surface area contributed by atoms with E-state index in [1.165, 1.54) is 17.0 Å². The van der Waals surface area contributed by atoms with E-state index in [0.717, 1.165) is 12.3 Å². The number of hydrogen-bond acceptors (Lipinski definition) is 5. The third-order valence-electron chi connectivity index (χ3n) is 6.14. The number of carbonyl (C=O) groups excluding carboxylic acids is 2. The number of fused-ring (bicyclic) bond motifs is 1. The Morgan fingerprint density at radius 3 is 2.53 bits per heavy atom. The van der Waals surface area contributed by atoms with E-state index in [9.17, 15) is 22.4 Å². The second-order valence-electron chi connectivity index (χ2n) is 8.30. The first kappa shape index (κ1) is 22.2. The van der Waals surface area contributed by atoms with Crippen LogP contribution in [0.15, 0.2) is 47.4 Å². The number of piperidine rings is 1. The molecule has 0 atom stereocenters. The lowest BCUT2D eigenvalue weighted by molar-refractivity contribution is 0.0805. The molecule has 10 heteroatoms. The summed E-state index contributed by atoms with van der Waals surface area (Å²) in [5.41, 5.74) is 0.107. The summed E-state index contributed by atoms with van der Waals surface area (Å²) in [6, 6.07) is 9.85. The first-order valence-corrected chi connectivity index (χ1v) is 12.1. The predicted octanol–water partition coefficient (Wildman–Crippen LogP) is 3.25. The van der Waals surface area contributed by atoms with E-state index in [4.69, 9.17) is 0 Å². The van der Waals surface area contributed by atoms with Crippen molar-refractivity contribution in [2.75, 3.05) is 24.5 Å². The number of halogens is 2. The molecule has 0 bridgehead atoms. The van der Waals surface area contributed by atoms with Crippen molar-refractivity contribution in [1.82, 2.24) is 10.2 Å². The molecule has 0 saturated carbocycles. The smallest absolute Gasteiger partial charge is 0.317 e. The average molecular weight is 464 g/mol. The van der Waals surface area contributed by atoms with Gasteiger partial charge in [-0.2, -0.15) is 0 Å². The van der Waals surface area contributed by atoms with Crippen LogP contribution in [-0.2, 0) is 16.4 Å². The first-order valence-electron chi connectivity index (χ1n) is 10.2. The van der Waals surface area contributed by atoms with Crippen LogP contribution in [0.3, 0.4) is 0 Å². The van der Waals surface area contributed by atoms with E-state index in [2.05, 4.69) is 5.32 Å². The van der Waals surface area contributed by atoms with Crippen molar-refractivity contribution in [3.63, 3.8) is 0 Å². The standard InChI is InChI=1S/C22H23F2N3O4S/c1-32(30,31)20-12-15(6-7-17(20)23)14-25-21(29)26-10-8-22(9-11-26)13-19(28)16-4-2-3-5-18(16)27(22)24/h2-7,12H,8-11,13-14H2,1H3,(H,25,29). The quantitative estimate of drug-likeness (QED) is 0.707. The largest absolute Gasteiger partial charge is 0.334 e. The van der Waals surface area contributed by atoms with Crippen LogP contribution in [-0.4, -0.2) is 50.0 Å². The van der Waals surface area contributed by atoms with Crippen LogP contribution in [0.2, 0.25) is 0 Å². The second-order valence-corrected chi connectivity index (χ2v) is 10.3. The zero-order valence-corrected chi connectivity index (χ0v) is 18.3. The summed E-state index contributed by atoms with van der Waals surface area (Å²) < 4.78 is 52.3. The van der Waals surface area contributed by atoms with Gasteiger partial charge in [0, 0.05) is 37.9 Å². The van der Waals surface area contributed by atoms with E-state index < -0.39 is 32.1 Å². The van der Waals surface area contributed by atoms with Crippen molar-refractivity contribution in [1.29, 1.82) is 0 Å². The third kappa shape index (κ3) is 4.06. The van der Waals surface area contributed by atoms with Gasteiger partial charge in [0.1, 0.15) is 10.7 Å². The highest BCUT2D eigenvalue weighted by Crippen LogP contribution is 2.43. The SMILES string of the molecule is CS(=O)(=O)c1cc(CNC(=O)N2CCC3(CC2)CC(=O)c2ccccc2N3F)ccc1F. The molecule has 0 aliphatic carbocycles. The zero-order valence-electron chi connectivity index (χ0n) is 17.5. The molecule has 1 saturated heterocycles. The van der Waals surface area contributed by atoms with Crippen LogP contribution in [0.25, 0.3) is 0 Å². The van der Waals surface area contributed by atoms with E-state index >= 15 is 4.48 Å². The maximum Gasteiger partial charge on any atom is 0.317 e. The summed E-state index contributed by atoms with van der Waals surface area (Å²) in [5, 5.41) is 3.37. The minimum absolute atomic E-state index is 0.0182. The average Bonchev–Trinajstić information content (AvgIpc) is 2.76. The second kappa shape index (κ2) is 8.16. The van der Waals surface area contributed by atoms with Crippen LogP contribution >= 0.6 is 0 Å². The number of urea groups is 1. The molecule has 7 nitrogen and oxygen atoms in total. The van der Waals surface area contributed by atoms with Crippen LogP contribution < -0.4 is 10.4 Å². The summed E-state index contributed by atoms with van der Waals surface area (Å²) in [7, 11) is -3.73. The Morgan fingerprint density at radius 2 is 1.84 bits per heavy atom. The van der Waals surface area contributed by atoms with Crippen LogP contribution in [0.4, 0.5) is 19.4 Å². The number of nitrogens with one attached hydrogen (secondary N) is 1. The molecule has 1 fully saturated rings. The molecule has 2 aromatic carbocycles. The summed E-state index contributed by atoms with van der Waals surface area (Å²) in [5.74, 6) is -0.950. The lowest BCUT2D eigenvalue weighted by Gasteiger charge is -2.47. The number of likely N-dealkylation sites (tertiary alicyclic amines) is 1. The Labute approximate surface area is 184 Å². The van der Waals surface area contributed by atoms with Crippen molar-refractivity contribution >= 4 is 27.3 Å².